The average molecular weight is 592 g/mol. The van der Waals surface area contributed by atoms with E-state index in [1.165, 1.54) is 9.50 Å². The van der Waals surface area contributed by atoms with Crippen LogP contribution >= 0.6 is 0 Å². The Labute approximate surface area is 240 Å². The number of rotatable bonds is 6. The lowest BCUT2D eigenvalue weighted by atomic mass is 9.74. The Morgan fingerprint density at radius 2 is 1.32 bits per heavy atom. The summed E-state index contributed by atoms with van der Waals surface area (Å²) in [6.07, 6.45) is 0. The van der Waals surface area contributed by atoms with Crippen molar-refractivity contribution < 1.29 is 16.8 Å². The highest BCUT2D eigenvalue weighted by molar-refractivity contribution is 7.95. The molecule has 40 heavy (non-hydrogen) atoms. The molecule has 0 saturated carbocycles. The van der Waals surface area contributed by atoms with Gasteiger partial charge in [-0.2, -0.15) is 4.31 Å². The standard InChI is InChI=1S/C32H37NO4S2Si/c1-21-13-15-26(16-14-21)39(36,37)33-19-27-30(29(32(27)40(5,6)7)25-11-9-8-10-12-25)28(20-33)38(34,35)31-23(3)17-22(2)18-24(31)4/h8-18,29H,19-20H2,1-7H3. The van der Waals surface area contributed by atoms with Crippen molar-refractivity contribution >= 4 is 27.9 Å². The van der Waals surface area contributed by atoms with Gasteiger partial charge in [-0.15, -0.1) is 0 Å². The molecule has 1 unspecified atom stereocenters. The zero-order valence-electron chi connectivity index (χ0n) is 24.2. The van der Waals surface area contributed by atoms with Crippen LogP contribution in [-0.4, -0.2) is 42.3 Å². The molecule has 0 spiro atoms. The van der Waals surface area contributed by atoms with Gasteiger partial charge in [-0.05, 0) is 67.7 Å². The Morgan fingerprint density at radius 3 is 1.88 bits per heavy atom. The third kappa shape index (κ3) is 4.75. The van der Waals surface area contributed by atoms with E-state index in [9.17, 15) is 16.8 Å². The minimum atomic E-state index is -4.01. The molecule has 0 N–H and O–H groups in total. The number of aryl methyl sites for hydroxylation is 4. The summed E-state index contributed by atoms with van der Waals surface area (Å²) in [4.78, 5) is 0.660. The summed E-state index contributed by atoms with van der Waals surface area (Å²) in [6, 6.07) is 20.6. The normalized spacial score (nSPS) is 18.5. The zero-order chi connectivity index (χ0) is 29.2. The van der Waals surface area contributed by atoms with Crippen LogP contribution in [0, 0.1) is 27.7 Å². The number of nitrogens with zero attached hydrogens (tertiary/aromatic N) is 1. The van der Waals surface area contributed by atoms with E-state index in [1.54, 1.807) is 24.3 Å². The molecule has 0 radical (unpaired) electrons. The summed E-state index contributed by atoms with van der Waals surface area (Å²) in [7, 11) is -9.92. The van der Waals surface area contributed by atoms with E-state index in [0.29, 0.717) is 11.1 Å². The highest BCUT2D eigenvalue weighted by Crippen LogP contribution is 2.56. The minimum Gasteiger partial charge on any atom is -0.219 e. The lowest BCUT2D eigenvalue weighted by Gasteiger charge is -2.48. The third-order valence-electron chi connectivity index (χ3n) is 7.98. The lowest BCUT2D eigenvalue weighted by Crippen LogP contribution is -2.48. The molecule has 3 aromatic carbocycles. The van der Waals surface area contributed by atoms with Crippen LogP contribution in [0.4, 0.5) is 0 Å². The van der Waals surface area contributed by atoms with Gasteiger partial charge in [0.1, 0.15) is 0 Å². The number of sulfonamides is 1. The van der Waals surface area contributed by atoms with E-state index in [-0.39, 0.29) is 33.7 Å². The predicted molar refractivity (Wildman–Crippen MR) is 164 cm³/mol. The van der Waals surface area contributed by atoms with Crippen LogP contribution < -0.4 is 0 Å². The maximum absolute atomic E-state index is 14.6. The number of benzene rings is 3. The predicted octanol–water partition coefficient (Wildman–Crippen LogP) is 6.62. The topological polar surface area (TPSA) is 71.5 Å². The fourth-order valence-electron chi connectivity index (χ4n) is 6.37. The van der Waals surface area contributed by atoms with Gasteiger partial charge < -0.3 is 0 Å². The van der Waals surface area contributed by atoms with E-state index < -0.39 is 27.9 Å². The van der Waals surface area contributed by atoms with Crippen LogP contribution in [0.5, 0.6) is 0 Å². The van der Waals surface area contributed by atoms with E-state index >= 15 is 0 Å². The van der Waals surface area contributed by atoms with Crippen molar-refractivity contribution in [3.05, 3.63) is 116 Å². The molecule has 1 aliphatic heterocycles. The van der Waals surface area contributed by atoms with Crippen molar-refractivity contribution in [1.29, 1.82) is 0 Å². The first-order valence-electron chi connectivity index (χ1n) is 13.6. The second-order valence-electron chi connectivity index (χ2n) is 12.1. The molecular formula is C32H37NO4S2Si. The number of fused-ring (bicyclic) bond motifs is 1. The maximum atomic E-state index is 14.6. The molecule has 8 heteroatoms. The van der Waals surface area contributed by atoms with Crippen molar-refractivity contribution in [1.82, 2.24) is 4.31 Å². The van der Waals surface area contributed by atoms with Crippen molar-refractivity contribution in [2.75, 3.05) is 13.1 Å². The lowest BCUT2D eigenvalue weighted by molar-refractivity contribution is 0.444. The number of hydrogen-bond acceptors (Lipinski definition) is 4. The van der Waals surface area contributed by atoms with Gasteiger partial charge in [-0.1, -0.05) is 90.6 Å². The quantitative estimate of drug-likeness (QED) is 0.302. The number of allylic oxidation sites excluding steroid dienone is 1. The van der Waals surface area contributed by atoms with Crippen molar-refractivity contribution in [3.8, 4) is 0 Å². The average Bonchev–Trinajstić information content (AvgIpc) is 2.83. The van der Waals surface area contributed by atoms with Crippen molar-refractivity contribution in [2.45, 2.75) is 63.0 Å². The van der Waals surface area contributed by atoms with E-state index in [0.717, 1.165) is 27.8 Å². The Balaban J connectivity index is 1.79. The van der Waals surface area contributed by atoms with Gasteiger partial charge in [-0.3, -0.25) is 0 Å². The van der Waals surface area contributed by atoms with Crippen LogP contribution in [0.25, 0.3) is 0 Å². The van der Waals surface area contributed by atoms with Gasteiger partial charge in [-0.25, -0.2) is 16.8 Å². The highest BCUT2D eigenvalue weighted by atomic mass is 32.2. The second kappa shape index (κ2) is 9.94. The summed E-state index contributed by atoms with van der Waals surface area (Å²) in [5.74, 6) is -0.150. The van der Waals surface area contributed by atoms with E-state index in [1.807, 2.05) is 58.0 Å². The molecule has 1 aliphatic carbocycles. The Kier molecular flexibility index (Phi) is 7.14. The molecule has 5 nitrogen and oxygen atoms in total. The molecule has 210 valence electrons. The largest absolute Gasteiger partial charge is 0.243 e. The molecule has 3 aromatic rings. The molecule has 0 bridgehead atoms. The molecule has 1 atom stereocenters. The van der Waals surface area contributed by atoms with Crippen molar-refractivity contribution in [3.63, 3.8) is 0 Å². The van der Waals surface area contributed by atoms with E-state index in [2.05, 4.69) is 31.8 Å². The summed E-state index contributed by atoms with van der Waals surface area (Å²) in [5, 5.41) is 1.22. The minimum absolute atomic E-state index is 0.150. The van der Waals surface area contributed by atoms with Gasteiger partial charge in [0.15, 0.2) is 0 Å². The summed E-state index contributed by atoms with van der Waals surface area (Å²) >= 11 is 0. The fourth-order valence-corrected chi connectivity index (χ4v) is 12.2. The van der Waals surface area contributed by atoms with E-state index in [4.69, 9.17) is 0 Å². The van der Waals surface area contributed by atoms with Gasteiger partial charge >= 0.3 is 0 Å². The van der Waals surface area contributed by atoms with Gasteiger partial charge in [0.25, 0.3) is 0 Å². The summed E-state index contributed by atoms with van der Waals surface area (Å²) in [6.45, 7) is 14.2. The first kappa shape index (κ1) is 28.7. The molecule has 0 amide bonds. The fraction of sp³-hybridized carbons (Fsp3) is 0.312. The monoisotopic (exact) mass is 591 g/mol. The Hall–Kier alpha value is -2.78. The van der Waals surface area contributed by atoms with Gasteiger partial charge in [0.05, 0.1) is 29.3 Å². The molecular weight excluding hydrogens is 555 g/mol. The SMILES string of the molecule is Cc1ccc(S(=O)(=O)N2CC3=C([Si](C)(C)C)C(c4ccccc4)C3=C(S(=O)(=O)c3c(C)cc(C)cc3C)C2)cc1. The van der Waals surface area contributed by atoms with Crippen LogP contribution in [0.15, 0.2) is 97.8 Å². The first-order valence-corrected chi connectivity index (χ1v) is 20.0. The Bertz CT molecular complexity index is 1760. The first-order chi connectivity index (χ1) is 18.6. The molecule has 0 aromatic heterocycles. The summed E-state index contributed by atoms with van der Waals surface area (Å²) in [5.41, 5.74) is 6.03. The number of sulfone groups is 1. The molecule has 2 aliphatic rings. The molecule has 0 fully saturated rings. The number of hydrogen-bond donors (Lipinski definition) is 0. The molecule has 1 heterocycles. The summed E-state index contributed by atoms with van der Waals surface area (Å²) < 4.78 is 58.6. The third-order valence-corrected chi connectivity index (χ3v) is 14.2. The van der Waals surface area contributed by atoms with Crippen LogP contribution in [0.1, 0.15) is 33.7 Å². The molecule has 0 saturated heterocycles. The van der Waals surface area contributed by atoms with Crippen LogP contribution in [0.2, 0.25) is 19.6 Å². The highest BCUT2D eigenvalue weighted by Gasteiger charge is 2.50. The maximum Gasteiger partial charge on any atom is 0.243 e. The van der Waals surface area contributed by atoms with Crippen LogP contribution in [0.3, 0.4) is 0 Å². The van der Waals surface area contributed by atoms with Crippen LogP contribution in [-0.2, 0) is 19.9 Å². The Morgan fingerprint density at radius 1 is 0.750 bits per heavy atom. The van der Waals surface area contributed by atoms with Gasteiger partial charge in [0, 0.05) is 12.5 Å². The smallest absolute Gasteiger partial charge is 0.219 e. The second-order valence-corrected chi connectivity index (χ2v) is 21.0. The zero-order valence-corrected chi connectivity index (χ0v) is 26.9. The van der Waals surface area contributed by atoms with Crippen molar-refractivity contribution in [2.24, 2.45) is 0 Å². The molecule has 5 rings (SSSR count). The van der Waals surface area contributed by atoms with Gasteiger partial charge in [0.2, 0.25) is 19.9 Å².